The van der Waals surface area contributed by atoms with Crippen LogP contribution in [0.3, 0.4) is 0 Å². The Morgan fingerprint density at radius 3 is 2.21 bits per heavy atom. The van der Waals surface area contributed by atoms with Crippen LogP contribution in [-0.4, -0.2) is 42.8 Å². The summed E-state index contributed by atoms with van der Waals surface area (Å²) in [6.45, 7) is 8.92. The van der Waals surface area contributed by atoms with Crippen molar-refractivity contribution in [1.82, 2.24) is 10.2 Å². The summed E-state index contributed by atoms with van der Waals surface area (Å²) in [6.07, 6.45) is 0.820. The van der Waals surface area contributed by atoms with E-state index in [0.29, 0.717) is 12.0 Å². The van der Waals surface area contributed by atoms with Crippen LogP contribution in [0.1, 0.15) is 43.4 Å². The molecule has 0 bridgehead atoms. The number of nitrogens with zero attached hydrogens (tertiary/aromatic N) is 1. The van der Waals surface area contributed by atoms with Gasteiger partial charge in [-0.1, -0.05) is 38.1 Å². The van der Waals surface area contributed by atoms with Crippen molar-refractivity contribution >= 4 is 0 Å². The minimum atomic E-state index is 0.251. The molecule has 0 radical (unpaired) electrons. The van der Waals surface area contributed by atoms with Crippen LogP contribution in [-0.2, 0) is 0 Å². The van der Waals surface area contributed by atoms with Crippen LogP contribution in [0.2, 0.25) is 0 Å². The fourth-order valence-corrected chi connectivity index (χ4v) is 2.78. The Hall–Kier alpha value is -0.900. The molecular formula is C16H26N2O. The van der Waals surface area contributed by atoms with Gasteiger partial charge in [-0.3, -0.25) is 4.90 Å². The highest BCUT2D eigenvalue weighted by molar-refractivity contribution is 5.27. The zero-order valence-electron chi connectivity index (χ0n) is 12.1. The van der Waals surface area contributed by atoms with Crippen molar-refractivity contribution < 1.29 is 5.11 Å². The van der Waals surface area contributed by atoms with Gasteiger partial charge in [0.15, 0.2) is 0 Å². The van der Waals surface area contributed by atoms with Gasteiger partial charge < -0.3 is 10.4 Å². The third-order valence-electron chi connectivity index (χ3n) is 3.98. The van der Waals surface area contributed by atoms with Crippen LogP contribution < -0.4 is 5.32 Å². The zero-order valence-corrected chi connectivity index (χ0v) is 12.1. The maximum Gasteiger partial charge on any atom is 0.0449 e. The summed E-state index contributed by atoms with van der Waals surface area (Å²) in [7, 11) is 0. The van der Waals surface area contributed by atoms with Crippen molar-refractivity contribution in [2.24, 2.45) is 0 Å². The molecule has 0 spiro atoms. The molecule has 1 fully saturated rings. The first kappa shape index (κ1) is 14.5. The van der Waals surface area contributed by atoms with E-state index in [1.54, 1.807) is 0 Å². The molecule has 0 amide bonds. The fourth-order valence-electron chi connectivity index (χ4n) is 2.78. The number of rotatable bonds is 5. The first-order valence-electron chi connectivity index (χ1n) is 7.38. The van der Waals surface area contributed by atoms with Crippen molar-refractivity contribution in [3.63, 3.8) is 0 Å². The predicted molar refractivity (Wildman–Crippen MR) is 79.4 cm³/mol. The second kappa shape index (κ2) is 7.04. The number of benzene rings is 1. The minimum absolute atomic E-state index is 0.251. The second-order valence-electron chi connectivity index (χ2n) is 5.64. The molecule has 0 unspecified atom stereocenters. The smallest absolute Gasteiger partial charge is 0.0449 e. The Morgan fingerprint density at radius 1 is 1.11 bits per heavy atom. The van der Waals surface area contributed by atoms with Gasteiger partial charge in [0.1, 0.15) is 0 Å². The summed E-state index contributed by atoms with van der Waals surface area (Å²) in [6, 6.07) is 9.28. The highest BCUT2D eigenvalue weighted by atomic mass is 16.3. The molecule has 1 aromatic carbocycles. The molecule has 1 saturated heterocycles. The van der Waals surface area contributed by atoms with Crippen LogP contribution in [0.25, 0.3) is 0 Å². The van der Waals surface area contributed by atoms with Crippen molar-refractivity contribution in [2.75, 3.05) is 32.8 Å². The average Bonchev–Trinajstić information content (AvgIpc) is 2.46. The third-order valence-corrected chi connectivity index (χ3v) is 3.98. The molecule has 1 aliphatic rings. The molecule has 1 aliphatic heterocycles. The lowest BCUT2D eigenvalue weighted by Crippen LogP contribution is -2.45. The van der Waals surface area contributed by atoms with E-state index < -0.39 is 0 Å². The average molecular weight is 262 g/mol. The lowest BCUT2D eigenvalue weighted by Gasteiger charge is -2.35. The van der Waals surface area contributed by atoms with E-state index in [1.807, 2.05) is 0 Å². The van der Waals surface area contributed by atoms with Gasteiger partial charge in [0.25, 0.3) is 0 Å². The number of aliphatic hydroxyl groups is 1. The molecule has 19 heavy (non-hydrogen) atoms. The Morgan fingerprint density at radius 2 is 1.68 bits per heavy atom. The highest BCUT2D eigenvalue weighted by Crippen LogP contribution is 2.26. The summed E-state index contributed by atoms with van der Waals surface area (Å²) in [5.41, 5.74) is 2.71. The van der Waals surface area contributed by atoms with E-state index in [9.17, 15) is 5.11 Å². The first-order valence-corrected chi connectivity index (χ1v) is 7.38. The Balaban J connectivity index is 2.13. The van der Waals surface area contributed by atoms with Gasteiger partial charge >= 0.3 is 0 Å². The van der Waals surface area contributed by atoms with E-state index in [4.69, 9.17) is 0 Å². The number of nitrogens with one attached hydrogen (secondary N) is 1. The van der Waals surface area contributed by atoms with Gasteiger partial charge in [-0.05, 0) is 23.5 Å². The summed E-state index contributed by atoms with van der Waals surface area (Å²) in [5.74, 6) is 0.574. The van der Waals surface area contributed by atoms with Crippen LogP contribution >= 0.6 is 0 Å². The van der Waals surface area contributed by atoms with E-state index in [1.165, 1.54) is 11.1 Å². The van der Waals surface area contributed by atoms with Gasteiger partial charge in [-0.25, -0.2) is 0 Å². The number of piperazine rings is 1. The molecule has 0 aromatic heterocycles. The second-order valence-corrected chi connectivity index (χ2v) is 5.64. The SMILES string of the molecule is CC(C)c1ccc([C@H](CCO)N2CCNCC2)cc1. The first-order chi connectivity index (χ1) is 9.22. The monoisotopic (exact) mass is 262 g/mol. The van der Waals surface area contributed by atoms with E-state index in [2.05, 4.69) is 48.3 Å². The summed E-state index contributed by atoms with van der Waals surface area (Å²) in [4.78, 5) is 2.48. The minimum Gasteiger partial charge on any atom is -0.396 e. The molecule has 3 heteroatoms. The van der Waals surface area contributed by atoms with E-state index in [-0.39, 0.29) is 6.61 Å². The summed E-state index contributed by atoms with van der Waals surface area (Å²) in [5, 5.41) is 12.7. The fraction of sp³-hybridized carbons (Fsp3) is 0.625. The van der Waals surface area contributed by atoms with Gasteiger partial charge in [0.2, 0.25) is 0 Å². The topological polar surface area (TPSA) is 35.5 Å². The molecule has 3 nitrogen and oxygen atoms in total. The number of aliphatic hydroxyl groups excluding tert-OH is 1. The molecular weight excluding hydrogens is 236 g/mol. The van der Waals surface area contributed by atoms with Gasteiger partial charge in [-0.2, -0.15) is 0 Å². The van der Waals surface area contributed by atoms with Crippen molar-refractivity contribution in [3.05, 3.63) is 35.4 Å². The number of hydrogen-bond acceptors (Lipinski definition) is 3. The van der Waals surface area contributed by atoms with Crippen LogP contribution in [0.5, 0.6) is 0 Å². The summed E-state index contributed by atoms with van der Waals surface area (Å²) >= 11 is 0. The van der Waals surface area contributed by atoms with Crippen LogP contribution in [0.15, 0.2) is 24.3 Å². The lowest BCUT2D eigenvalue weighted by molar-refractivity contribution is 0.141. The number of hydrogen-bond donors (Lipinski definition) is 2. The summed E-state index contributed by atoms with van der Waals surface area (Å²) < 4.78 is 0. The molecule has 2 N–H and O–H groups in total. The Labute approximate surface area is 116 Å². The van der Waals surface area contributed by atoms with Gasteiger partial charge in [0.05, 0.1) is 0 Å². The highest BCUT2D eigenvalue weighted by Gasteiger charge is 2.21. The zero-order chi connectivity index (χ0) is 13.7. The van der Waals surface area contributed by atoms with E-state index >= 15 is 0 Å². The van der Waals surface area contributed by atoms with Gasteiger partial charge in [-0.15, -0.1) is 0 Å². The Bertz CT molecular complexity index is 369. The molecule has 2 rings (SSSR count). The predicted octanol–water partition coefficient (Wildman–Crippen LogP) is 2.14. The van der Waals surface area contributed by atoms with Crippen molar-refractivity contribution in [1.29, 1.82) is 0 Å². The Kier molecular flexibility index (Phi) is 5.37. The third kappa shape index (κ3) is 3.78. The maximum absolute atomic E-state index is 9.33. The maximum atomic E-state index is 9.33. The molecule has 0 aliphatic carbocycles. The molecule has 1 aromatic rings. The van der Waals surface area contributed by atoms with Gasteiger partial charge in [0, 0.05) is 38.8 Å². The van der Waals surface area contributed by atoms with Crippen molar-refractivity contribution in [2.45, 2.75) is 32.2 Å². The van der Waals surface area contributed by atoms with Crippen molar-refractivity contribution in [3.8, 4) is 0 Å². The lowest BCUT2D eigenvalue weighted by atomic mass is 9.96. The van der Waals surface area contributed by atoms with E-state index in [0.717, 1.165) is 32.6 Å². The standard InChI is InChI=1S/C16H26N2O/c1-13(2)14-3-5-15(6-4-14)16(7-12-19)18-10-8-17-9-11-18/h3-6,13,16-17,19H,7-12H2,1-2H3/t16-/m0/s1. The molecule has 106 valence electrons. The molecule has 1 atom stereocenters. The van der Waals surface area contributed by atoms with Crippen LogP contribution in [0, 0.1) is 0 Å². The normalized spacial score (nSPS) is 18.7. The van der Waals surface area contributed by atoms with Crippen LogP contribution in [0.4, 0.5) is 0 Å². The molecule has 1 heterocycles. The quantitative estimate of drug-likeness (QED) is 0.853. The molecule has 0 saturated carbocycles. The largest absolute Gasteiger partial charge is 0.396 e.